The summed E-state index contributed by atoms with van der Waals surface area (Å²) >= 11 is 1.20. The molecule has 7 heteroatoms. The van der Waals surface area contributed by atoms with E-state index < -0.39 is 0 Å². The molecule has 2 heterocycles. The van der Waals surface area contributed by atoms with Crippen molar-refractivity contribution in [1.29, 1.82) is 0 Å². The van der Waals surface area contributed by atoms with Crippen molar-refractivity contribution in [3.63, 3.8) is 0 Å². The topological polar surface area (TPSA) is 71.5 Å². The maximum Gasteiger partial charge on any atom is 0.350 e. The number of esters is 1. The van der Waals surface area contributed by atoms with Gasteiger partial charge >= 0.3 is 12.0 Å². The fourth-order valence-electron chi connectivity index (χ4n) is 2.66. The van der Waals surface area contributed by atoms with Crippen LogP contribution in [-0.4, -0.2) is 36.2 Å². The van der Waals surface area contributed by atoms with Gasteiger partial charge in [-0.25, -0.2) is 14.6 Å². The van der Waals surface area contributed by atoms with Crippen molar-refractivity contribution in [2.24, 2.45) is 0 Å². The summed E-state index contributed by atoms with van der Waals surface area (Å²) in [7, 11) is 0. The number of rotatable bonds is 5. The summed E-state index contributed by atoms with van der Waals surface area (Å²) in [6.45, 7) is 4.36. The van der Waals surface area contributed by atoms with Crippen LogP contribution in [0.4, 0.5) is 9.93 Å². The molecular weight excluding hydrogens is 326 g/mol. The molecule has 1 aliphatic rings. The van der Waals surface area contributed by atoms with Gasteiger partial charge in [0, 0.05) is 0 Å². The molecule has 0 spiro atoms. The van der Waals surface area contributed by atoms with Gasteiger partial charge in [-0.15, -0.1) is 0 Å². The Hall–Kier alpha value is -2.41. The zero-order valence-electron chi connectivity index (χ0n) is 13.6. The highest BCUT2D eigenvalue weighted by atomic mass is 32.1. The molecule has 1 N–H and O–H groups in total. The second-order valence-electron chi connectivity index (χ2n) is 5.58. The van der Waals surface area contributed by atoms with E-state index in [1.807, 2.05) is 30.3 Å². The van der Waals surface area contributed by atoms with Crippen molar-refractivity contribution in [3.05, 3.63) is 46.5 Å². The normalized spacial score (nSPS) is 17.0. The summed E-state index contributed by atoms with van der Waals surface area (Å²) in [5.74, 6) is -0.390. The molecule has 0 bridgehead atoms. The summed E-state index contributed by atoms with van der Waals surface area (Å²) in [6, 6.07) is 9.87. The monoisotopic (exact) mass is 345 g/mol. The Morgan fingerprint density at radius 1 is 1.42 bits per heavy atom. The lowest BCUT2D eigenvalue weighted by molar-refractivity contribution is 0.0531. The van der Waals surface area contributed by atoms with Gasteiger partial charge in [0.05, 0.1) is 24.9 Å². The van der Waals surface area contributed by atoms with Gasteiger partial charge < -0.3 is 10.1 Å². The zero-order chi connectivity index (χ0) is 17.1. The summed E-state index contributed by atoms with van der Waals surface area (Å²) in [6.07, 6.45) is 0.762. The second kappa shape index (κ2) is 7.00. The summed E-state index contributed by atoms with van der Waals surface area (Å²) < 4.78 is 5.02. The number of amides is 2. The maximum atomic E-state index is 12.3. The van der Waals surface area contributed by atoms with Crippen LogP contribution in [0.5, 0.6) is 0 Å². The lowest BCUT2D eigenvalue weighted by atomic mass is 10.1. The van der Waals surface area contributed by atoms with E-state index in [2.05, 4.69) is 10.3 Å². The number of ether oxygens (including phenoxy) is 1. The molecule has 0 aliphatic carbocycles. The predicted molar refractivity (Wildman–Crippen MR) is 92.6 cm³/mol. The minimum Gasteiger partial charge on any atom is -0.462 e. The van der Waals surface area contributed by atoms with Crippen molar-refractivity contribution in [2.75, 3.05) is 18.1 Å². The van der Waals surface area contributed by atoms with Crippen LogP contribution in [-0.2, 0) is 11.2 Å². The Morgan fingerprint density at radius 2 is 2.17 bits per heavy atom. The Kier molecular flexibility index (Phi) is 4.80. The molecule has 1 aromatic carbocycles. The number of aromatic nitrogens is 1. The molecule has 0 saturated carbocycles. The first-order valence-electron chi connectivity index (χ1n) is 7.85. The molecule has 0 unspecified atom stereocenters. The minimum atomic E-state index is -0.390. The van der Waals surface area contributed by atoms with Gasteiger partial charge in [0.25, 0.3) is 0 Å². The van der Waals surface area contributed by atoms with E-state index in [1.54, 1.807) is 18.7 Å². The summed E-state index contributed by atoms with van der Waals surface area (Å²) in [5.41, 5.74) is 1.76. The highest BCUT2D eigenvalue weighted by molar-refractivity contribution is 7.17. The molecule has 1 aromatic heterocycles. The largest absolute Gasteiger partial charge is 0.462 e. The van der Waals surface area contributed by atoms with E-state index >= 15 is 0 Å². The molecular formula is C17H19N3O3S. The number of urea groups is 1. The van der Waals surface area contributed by atoms with Crippen molar-refractivity contribution in [1.82, 2.24) is 10.3 Å². The van der Waals surface area contributed by atoms with Crippen molar-refractivity contribution in [3.8, 4) is 0 Å². The van der Waals surface area contributed by atoms with E-state index in [1.165, 1.54) is 16.9 Å². The third kappa shape index (κ3) is 3.41. The molecule has 0 radical (unpaired) electrons. The Morgan fingerprint density at radius 3 is 2.88 bits per heavy atom. The fraction of sp³-hybridized carbons (Fsp3) is 0.353. The quantitative estimate of drug-likeness (QED) is 0.846. The van der Waals surface area contributed by atoms with Gasteiger partial charge in [0.1, 0.15) is 4.88 Å². The van der Waals surface area contributed by atoms with E-state index in [0.717, 1.165) is 6.42 Å². The van der Waals surface area contributed by atoms with Crippen molar-refractivity contribution in [2.45, 2.75) is 26.3 Å². The van der Waals surface area contributed by atoms with Gasteiger partial charge in [-0.05, 0) is 25.8 Å². The highest BCUT2D eigenvalue weighted by Crippen LogP contribution is 2.29. The molecule has 2 aromatic rings. The number of anilines is 1. The van der Waals surface area contributed by atoms with Crippen LogP contribution in [0.15, 0.2) is 30.3 Å². The molecule has 3 rings (SSSR count). The lowest BCUT2D eigenvalue weighted by Gasteiger charge is -2.11. The van der Waals surface area contributed by atoms with E-state index in [0.29, 0.717) is 28.9 Å². The van der Waals surface area contributed by atoms with Gasteiger partial charge in [-0.2, -0.15) is 0 Å². The Balaban J connectivity index is 1.72. The molecule has 1 fully saturated rings. The first-order valence-corrected chi connectivity index (χ1v) is 8.66. The Bertz CT molecular complexity index is 745. The Labute approximate surface area is 144 Å². The maximum absolute atomic E-state index is 12.3. The van der Waals surface area contributed by atoms with Crippen LogP contribution in [0, 0.1) is 6.92 Å². The first-order chi connectivity index (χ1) is 11.6. The van der Waals surface area contributed by atoms with Crippen LogP contribution in [0.3, 0.4) is 0 Å². The van der Waals surface area contributed by atoms with Crippen LogP contribution >= 0.6 is 11.3 Å². The first kappa shape index (κ1) is 16.4. The molecule has 1 saturated heterocycles. The number of benzene rings is 1. The lowest BCUT2D eigenvalue weighted by Crippen LogP contribution is -2.29. The number of thiazole rings is 1. The van der Waals surface area contributed by atoms with Gasteiger partial charge in [-0.3, -0.25) is 4.90 Å². The zero-order valence-corrected chi connectivity index (χ0v) is 14.4. The van der Waals surface area contributed by atoms with Crippen LogP contribution in [0.1, 0.15) is 27.9 Å². The highest BCUT2D eigenvalue weighted by Gasteiger charge is 2.32. The number of nitrogens with zero attached hydrogens (tertiary/aromatic N) is 2. The predicted octanol–water partition coefficient (Wildman–Crippen LogP) is 2.77. The van der Waals surface area contributed by atoms with Crippen LogP contribution < -0.4 is 10.2 Å². The molecule has 6 nitrogen and oxygen atoms in total. The standard InChI is InChI=1S/C17H19N3O3S/c1-3-23-15(21)14-11(2)18-17(24-14)20-10-13(19-16(20)22)9-12-7-5-4-6-8-12/h4-8,13H,3,9-10H2,1-2H3,(H,19,22)/t13-/m1/s1. The summed E-state index contributed by atoms with van der Waals surface area (Å²) in [4.78, 5) is 30.6. The second-order valence-corrected chi connectivity index (χ2v) is 6.56. The number of hydrogen-bond donors (Lipinski definition) is 1. The number of carbonyl (C=O) groups excluding carboxylic acids is 2. The smallest absolute Gasteiger partial charge is 0.350 e. The molecule has 1 atom stereocenters. The fourth-order valence-corrected chi connectivity index (χ4v) is 3.63. The van der Waals surface area contributed by atoms with Crippen molar-refractivity contribution >= 4 is 28.5 Å². The average Bonchev–Trinajstić information content (AvgIpc) is 3.11. The van der Waals surface area contributed by atoms with E-state index in [9.17, 15) is 9.59 Å². The SMILES string of the molecule is CCOC(=O)c1sc(N2C[C@@H](Cc3ccccc3)NC2=O)nc1C. The van der Waals surface area contributed by atoms with Crippen molar-refractivity contribution < 1.29 is 14.3 Å². The third-order valence-electron chi connectivity index (χ3n) is 3.78. The van der Waals surface area contributed by atoms with E-state index in [-0.39, 0.29) is 18.0 Å². The van der Waals surface area contributed by atoms with Crippen LogP contribution in [0.25, 0.3) is 0 Å². The number of nitrogens with one attached hydrogen (secondary N) is 1. The minimum absolute atomic E-state index is 0.0233. The van der Waals surface area contributed by atoms with Gasteiger partial charge in [0.2, 0.25) is 0 Å². The number of aryl methyl sites for hydroxylation is 1. The average molecular weight is 345 g/mol. The molecule has 126 valence electrons. The van der Waals surface area contributed by atoms with E-state index in [4.69, 9.17) is 4.74 Å². The van der Waals surface area contributed by atoms with Gasteiger partial charge in [-0.1, -0.05) is 41.7 Å². The third-order valence-corrected chi connectivity index (χ3v) is 4.94. The van der Waals surface area contributed by atoms with Crippen LogP contribution in [0.2, 0.25) is 0 Å². The summed E-state index contributed by atoms with van der Waals surface area (Å²) in [5, 5.41) is 3.50. The van der Waals surface area contributed by atoms with Gasteiger partial charge in [0.15, 0.2) is 5.13 Å². The number of carbonyl (C=O) groups is 2. The molecule has 2 amide bonds. The number of hydrogen-bond acceptors (Lipinski definition) is 5. The molecule has 1 aliphatic heterocycles. The molecule has 24 heavy (non-hydrogen) atoms.